The maximum atomic E-state index is 13.1. The summed E-state index contributed by atoms with van der Waals surface area (Å²) in [7, 11) is -2.00. The molecule has 1 saturated heterocycles. The van der Waals surface area contributed by atoms with Gasteiger partial charge in [-0.3, -0.25) is 0 Å². The maximum absolute atomic E-state index is 13.1. The van der Waals surface area contributed by atoms with Crippen molar-refractivity contribution >= 4 is 21.1 Å². The van der Waals surface area contributed by atoms with E-state index in [4.69, 9.17) is 14.7 Å². The van der Waals surface area contributed by atoms with Crippen LogP contribution in [0.15, 0.2) is 41.3 Å². The number of nitriles is 1. The summed E-state index contributed by atoms with van der Waals surface area (Å²) in [4.78, 5) is 4.94. The van der Waals surface area contributed by atoms with Gasteiger partial charge in [-0.15, -0.1) is 0 Å². The molecule has 0 spiro atoms. The second-order valence-corrected chi connectivity index (χ2v) is 9.59. The van der Waals surface area contributed by atoms with Gasteiger partial charge < -0.3 is 14.0 Å². The summed E-state index contributed by atoms with van der Waals surface area (Å²) in [6.45, 7) is 3.98. The number of aryl methyl sites for hydroxylation is 1. The molecule has 2 heterocycles. The number of methoxy groups -OCH3 is 1. The summed E-state index contributed by atoms with van der Waals surface area (Å²) in [6, 6.07) is 12.2. The van der Waals surface area contributed by atoms with Crippen LogP contribution in [0, 0.1) is 11.3 Å². The molecule has 168 valence electrons. The summed E-state index contributed by atoms with van der Waals surface area (Å²) in [5.74, 6) is 1.66. The van der Waals surface area contributed by atoms with Crippen LogP contribution in [0.4, 0.5) is 0 Å². The van der Waals surface area contributed by atoms with Crippen molar-refractivity contribution in [1.29, 1.82) is 5.26 Å². The summed E-state index contributed by atoms with van der Waals surface area (Å²) >= 11 is 0. The van der Waals surface area contributed by atoms with E-state index < -0.39 is 10.0 Å². The molecule has 0 radical (unpaired) electrons. The van der Waals surface area contributed by atoms with Crippen LogP contribution in [0.25, 0.3) is 11.0 Å². The molecule has 0 bridgehead atoms. The van der Waals surface area contributed by atoms with Crippen LogP contribution in [0.2, 0.25) is 0 Å². The van der Waals surface area contributed by atoms with Gasteiger partial charge in [0.1, 0.15) is 12.4 Å². The Bertz CT molecular complexity index is 1270. The molecule has 0 N–H and O–H groups in total. The monoisotopic (exact) mass is 454 g/mol. The first-order valence-corrected chi connectivity index (χ1v) is 12.1. The first-order valence-electron chi connectivity index (χ1n) is 10.7. The number of piperidine rings is 1. The normalized spacial score (nSPS) is 14.9. The molecule has 1 aliphatic rings. The van der Waals surface area contributed by atoms with E-state index in [1.807, 2.05) is 17.6 Å². The highest BCUT2D eigenvalue weighted by atomic mass is 32.2. The molecule has 8 nitrogen and oxygen atoms in total. The van der Waals surface area contributed by atoms with Crippen molar-refractivity contribution in [2.45, 2.75) is 44.2 Å². The highest BCUT2D eigenvalue weighted by Gasteiger charge is 2.26. The van der Waals surface area contributed by atoms with Gasteiger partial charge in [0.2, 0.25) is 10.0 Å². The molecule has 1 fully saturated rings. The Morgan fingerprint density at radius 2 is 1.88 bits per heavy atom. The Kier molecular flexibility index (Phi) is 6.35. The second kappa shape index (κ2) is 9.18. The van der Waals surface area contributed by atoms with Gasteiger partial charge >= 0.3 is 0 Å². The van der Waals surface area contributed by atoms with E-state index >= 15 is 0 Å². The van der Waals surface area contributed by atoms with Gasteiger partial charge in [-0.2, -0.15) is 9.57 Å². The molecular formula is C23H26N4O4S. The van der Waals surface area contributed by atoms with Crippen LogP contribution in [-0.4, -0.2) is 42.5 Å². The lowest BCUT2D eigenvalue weighted by Crippen LogP contribution is -2.35. The smallest absolute Gasteiger partial charge is 0.243 e. The summed E-state index contributed by atoms with van der Waals surface area (Å²) in [6.07, 6.45) is 2.86. The van der Waals surface area contributed by atoms with E-state index in [0.29, 0.717) is 48.0 Å². The molecule has 0 unspecified atom stereocenters. The summed E-state index contributed by atoms with van der Waals surface area (Å²) in [5, 5.41) is 9.06. The van der Waals surface area contributed by atoms with Crippen LogP contribution in [0.1, 0.15) is 37.6 Å². The van der Waals surface area contributed by atoms with E-state index in [9.17, 15) is 8.42 Å². The van der Waals surface area contributed by atoms with Crippen molar-refractivity contribution < 1.29 is 17.9 Å². The Morgan fingerprint density at radius 3 is 2.56 bits per heavy atom. The maximum Gasteiger partial charge on any atom is 0.243 e. The Balaban J connectivity index is 1.63. The number of imidazole rings is 1. The lowest BCUT2D eigenvalue weighted by molar-refractivity contribution is 0.272. The van der Waals surface area contributed by atoms with E-state index in [-0.39, 0.29) is 11.5 Å². The quantitative estimate of drug-likeness (QED) is 0.540. The number of aromatic nitrogens is 2. The Hall–Kier alpha value is -3.09. The lowest BCUT2D eigenvalue weighted by atomic mass is 10.2. The zero-order valence-electron chi connectivity index (χ0n) is 18.2. The van der Waals surface area contributed by atoms with Crippen molar-refractivity contribution in [2.24, 2.45) is 0 Å². The van der Waals surface area contributed by atoms with E-state index in [1.165, 1.54) is 7.11 Å². The van der Waals surface area contributed by atoms with Crippen LogP contribution < -0.4 is 9.47 Å². The fourth-order valence-corrected chi connectivity index (χ4v) is 5.57. The highest BCUT2D eigenvalue weighted by molar-refractivity contribution is 7.89. The molecule has 1 aromatic heterocycles. The van der Waals surface area contributed by atoms with E-state index in [2.05, 4.69) is 11.1 Å². The topological polar surface area (TPSA) is 97.5 Å². The van der Waals surface area contributed by atoms with Gasteiger partial charge in [0.05, 0.1) is 34.7 Å². The van der Waals surface area contributed by atoms with Gasteiger partial charge in [-0.1, -0.05) is 6.42 Å². The molecule has 1 aliphatic heterocycles. The highest BCUT2D eigenvalue weighted by Crippen LogP contribution is 2.30. The third-order valence-corrected chi connectivity index (χ3v) is 7.61. The SMILES string of the molecule is CCn1c(COc2ccc(C#N)cc2OC)nc2cc(S(=O)(=O)N3CCCCC3)ccc21. The van der Waals surface area contributed by atoms with Gasteiger partial charge in [0.25, 0.3) is 0 Å². The minimum atomic E-state index is -3.52. The van der Waals surface area contributed by atoms with Crippen molar-refractivity contribution in [3.05, 3.63) is 47.8 Å². The zero-order chi connectivity index (χ0) is 22.7. The number of rotatable bonds is 7. The molecule has 4 rings (SSSR count). The van der Waals surface area contributed by atoms with Crippen molar-refractivity contribution in [3.63, 3.8) is 0 Å². The third kappa shape index (κ3) is 4.16. The standard InChI is InChI=1S/C23H26N4O4S/c1-3-27-20-9-8-18(32(28,29)26-11-5-4-6-12-26)14-19(20)25-23(27)16-31-21-10-7-17(15-24)13-22(21)30-2/h7-10,13-14H,3-6,11-12,16H2,1-2H3. The van der Waals surface area contributed by atoms with Crippen molar-refractivity contribution in [3.8, 4) is 17.6 Å². The molecule has 3 aromatic rings. The Labute approximate surface area is 188 Å². The number of fused-ring (bicyclic) bond motifs is 1. The average molecular weight is 455 g/mol. The number of ether oxygens (including phenoxy) is 2. The molecule has 0 aliphatic carbocycles. The fourth-order valence-electron chi connectivity index (χ4n) is 4.04. The number of hydrogen-bond donors (Lipinski definition) is 0. The van der Waals surface area contributed by atoms with Crippen molar-refractivity contribution in [2.75, 3.05) is 20.2 Å². The first-order chi connectivity index (χ1) is 15.5. The van der Waals surface area contributed by atoms with Gasteiger partial charge in [0, 0.05) is 25.7 Å². The van der Waals surface area contributed by atoms with Crippen molar-refractivity contribution in [1.82, 2.24) is 13.9 Å². The van der Waals surface area contributed by atoms with Crippen LogP contribution in [0.3, 0.4) is 0 Å². The first kappa shape index (κ1) is 22.1. The third-order valence-electron chi connectivity index (χ3n) is 5.72. The van der Waals surface area contributed by atoms with Gasteiger partial charge in [0.15, 0.2) is 11.5 Å². The van der Waals surface area contributed by atoms with E-state index in [1.54, 1.807) is 34.6 Å². The lowest BCUT2D eigenvalue weighted by Gasteiger charge is -2.25. The number of hydrogen-bond acceptors (Lipinski definition) is 6. The molecule has 0 atom stereocenters. The molecule has 0 saturated carbocycles. The number of sulfonamides is 1. The fraction of sp³-hybridized carbons (Fsp3) is 0.391. The largest absolute Gasteiger partial charge is 0.493 e. The summed E-state index contributed by atoms with van der Waals surface area (Å²) < 4.78 is 40.9. The molecule has 9 heteroatoms. The van der Waals surface area contributed by atoms with Crippen LogP contribution >= 0.6 is 0 Å². The molecular weight excluding hydrogens is 428 g/mol. The molecule has 32 heavy (non-hydrogen) atoms. The van der Waals surface area contributed by atoms with E-state index in [0.717, 1.165) is 24.8 Å². The van der Waals surface area contributed by atoms with Crippen LogP contribution in [-0.2, 0) is 23.2 Å². The zero-order valence-corrected chi connectivity index (χ0v) is 19.1. The number of benzene rings is 2. The predicted octanol–water partition coefficient (Wildman–Crippen LogP) is 3.69. The molecule has 2 aromatic carbocycles. The van der Waals surface area contributed by atoms with Crippen LogP contribution in [0.5, 0.6) is 11.5 Å². The minimum absolute atomic E-state index is 0.180. The molecule has 0 amide bonds. The Morgan fingerprint density at radius 1 is 1.09 bits per heavy atom. The van der Waals surface area contributed by atoms with Gasteiger partial charge in [-0.05, 0) is 50.1 Å². The minimum Gasteiger partial charge on any atom is -0.493 e. The predicted molar refractivity (Wildman–Crippen MR) is 120 cm³/mol. The number of nitrogens with zero attached hydrogens (tertiary/aromatic N) is 4. The summed E-state index contributed by atoms with van der Waals surface area (Å²) in [5.41, 5.74) is 1.96. The van der Waals surface area contributed by atoms with Gasteiger partial charge in [-0.25, -0.2) is 13.4 Å². The average Bonchev–Trinajstić information content (AvgIpc) is 3.19. The second-order valence-electron chi connectivity index (χ2n) is 7.65.